The smallest absolute Gasteiger partial charge is 0.253 e. The van der Waals surface area contributed by atoms with Gasteiger partial charge in [-0.1, -0.05) is 0 Å². The number of halogens is 1. The van der Waals surface area contributed by atoms with Gasteiger partial charge in [-0.05, 0) is 56.5 Å². The van der Waals surface area contributed by atoms with Crippen LogP contribution >= 0.6 is 0 Å². The lowest BCUT2D eigenvalue weighted by Gasteiger charge is -2.10. The monoisotopic (exact) mass is 356 g/mol. The number of carbonyl (C=O) groups is 1. The van der Waals surface area contributed by atoms with Crippen LogP contribution in [0.3, 0.4) is 0 Å². The van der Waals surface area contributed by atoms with Crippen molar-refractivity contribution in [2.24, 2.45) is 7.05 Å². The van der Waals surface area contributed by atoms with Gasteiger partial charge in [-0.25, -0.2) is 4.39 Å². The number of rotatable bonds is 4. The topological polar surface area (TPSA) is 79.8 Å². The summed E-state index contributed by atoms with van der Waals surface area (Å²) in [7, 11) is 1.78. The van der Waals surface area contributed by atoms with Crippen LogP contribution in [0, 0.1) is 26.6 Å². The Balaban J connectivity index is 1.80. The molecule has 0 radical (unpaired) electrons. The molecule has 0 fully saturated rings. The highest BCUT2D eigenvalue weighted by Crippen LogP contribution is 2.21. The van der Waals surface area contributed by atoms with E-state index in [1.807, 2.05) is 13.8 Å². The number of fused-ring (bicyclic) bond motifs is 1. The summed E-state index contributed by atoms with van der Waals surface area (Å²) in [6.07, 6.45) is 0.475. The van der Waals surface area contributed by atoms with Gasteiger partial charge < -0.3 is 10.3 Å². The number of aryl methyl sites for hydroxylation is 4. The number of hydrogen-bond acceptors (Lipinski definition) is 3. The molecule has 0 aliphatic rings. The first-order valence-electron chi connectivity index (χ1n) is 8.39. The molecule has 1 aromatic carbocycles. The van der Waals surface area contributed by atoms with Gasteiger partial charge in [0.25, 0.3) is 5.56 Å². The summed E-state index contributed by atoms with van der Waals surface area (Å²) >= 11 is 0. The largest absolute Gasteiger partial charge is 0.326 e. The zero-order valence-corrected chi connectivity index (χ0v) is 15.2. The predicted octanol–water partition coefficient (Wildman–Crippen LogP) is 2.90. The van der Waals surface area contributed by atoms with Crippen LogP contribution in [0.1, 0.15) is 28.8 Å². The van der Waals surface area contributed by atoms with E-state index in [-0.39, 0.29) is 23.7 Å². The molecule has 136 valence electrons. The van der Waals surface area contributed by atoms with E-state index in [9.17, 15) is 14.0 Å². The Bertz CT molecular complexity index is 1070. The molecule has 3 rings (SSSR count). The van der Waals surface area contributed by atoms with Crippen LogP contribution in [0.2, 0.25) is 0 Å². The minimum absolute atomic E-state index is 0.158. The third-order valence-electron chi connectivity index (χ3n) is 4.62. The van der Waals surface area contributed by atoms with Crippen LogP contribution in [0.15, 0.2) is 23.0 Å². The van der Waals surface area contributed by atoms with Gasteiger partial charge in [0.2, 0.25) is 5.91 Å². The average molecular weight is 356 g/mol. The van der Waals surface area contributed by atoms with Crippen molar-refractivity contribution in [2.75, 3.05) is 5.32 Å². The molecule has 0 aliphatic heterocycles. The molecule has 7 heteroatoms. The second kappa shape index (κ2) is 6.74. The van der Waals surface area contributed by atoms with E-state index < -0.39 is 0 Å². The first-order chi connectivity index (χ1) is 12.3. The van der Waals surface area contributed by atoms with Crippen molar-refractivity contribution in [3.8, 4) is 0 Å². The summed E-state index contributed by atoms with van der Waals surface area (Å²) in [6, 6.07) is 4.20. The number of benzene rings is 1. The molecule has 0 spiro atoms. The average Bonchev–Trinajstić information content (AvgIpc) is 2.84. The Labute approximate surface area is 150 Å². The first kappa shape index (κ1) is 17.8. The lowest BCUT2D eigenvalue weighted by molar-refractivity contribution is -0.116. The summed E-state index contributed by atoms with van der Waals surface area (Å²) < 4.78 is 14.8. The van der Waals surface area contributed by atoms with Crippen molar-refractivity contribution in [2.45, 2.75) is 33.6 Å². The van der Waals surface area contributed by atoms with Crippen molar-refractivity contribution < 1.29 is 9.18 Å². The van der Waals surface area contributed by atoms with Crippen molar-refractivity contribution in [1.29, 1.82) is 0 Å². The lowest BCUT2D eigenvalue weighted by Crippen LogP contribution is -2.19. The molecule has 0 saturated carbocycles. The molecule has 26 heavy (non-hydrogen) atoms. The van der Waals surface area contributed by atoms with E-state index in [0.717, 1.165) is 16.6 Å². The summed E-state index contributed by atoms with van der Waals surface area (Å²) in [5.74, 6) is -0.565. The van der Waals surface area contributed by atoms with Gasteiger partial charge in [-0.2, -0.15) is 5.10 Å². The van der Waals surface area contributed by atoms with Crippen LogP contribution in [-0.2, 0) is 18.3 Å². The maximum atomic E-state index is 13.1. The van der Waals surface area contributed by atoms with E-state index in [1.165, 1.54) is 18.2 Å². The second-order valence-corrected chi connectivity index (χ2v) is 6.50. The van der Waals surface area contributed by atoms with Gasteiger partial charge in [-0.15, -0.1) is 0 Å². The zero-order valence-electron chi connectivity index (χ0n) is 15.2. The van der Waals surface area contributed by atoms with E-state index >= 15 is 0 Å². The Morgan fingerprint density at radius 1 is 1.31 bits per heavy atom. The molecule has 2 aromatic heterocycles. The van der Waals surface area contributed by atoms with Gasteiger partial charge in [-0.3, -0.25) is 14.3 Å². The zero-order chi connectivity index (χ0) is 19.0. The quantitative estimate of drug-likeness (QED) is 0.754. The van der Waals surface area contributed by atoms with E-state index in [1.54, 1.807) is 18.7 Å². The molecule has 0 unspecified atom stereocenters. The number of aromatic amines is 1. The fourth-order valence-electron chi connectivity index (χ4n) is 3.27. The van der Waals surface area contributed by atoms with Crippen LogP contribution in [-0.4, -0.2) is 20.7 Å². The molecular weight excluding hydrogens is 335 g/mol. The standard InChI is InChI=1S/C19H21FN4O2/c1-10-9-13(20)5-7-15(10)21-16(25)8-6-14-11(2)17-12(3)23-24(4)18(17)22-19(14)26/h5,7,9H,6,8H2,1-4H3,(H,21,25)(H,22,26). The van der Waals surface area contributed by atoms with Gasteiger partial charge >= 0.3 is 0 Å². The van der Waals surface area contributed by atoms with Gasteiger partial charge in [0.05, 0.1) is 5.69 Å². The number of anilines is 1. The minimum Gasteiger partial charge on any atom is -0.326 e. The number of carbonyl (C=O) groups excluding carboxylic acids is 1. The Morgan fingerprint density at radius 2 is 2.04 bits per heavy atom. The summed E-state index contributed by atoms with van der Waals surface area (Å²) in [4.78, 5) is 27.5. The molecular formula is C19H21FN4O2. The summed E-state index contributed by atoms with van der Waals surface area (Å²) in [6.45, 7) is 5.50. The molecule has 0 atom stereocenters. The molecule has 0 saturated heterocycles. The SMILES string of the molecule is Cc1cc(F)ccc1NC(=O)CCc1c(C)c2c(C)nn(C)c2[nH]c1=O. The summed E-state index contributed by atoms with van der Waals surface area (Å²) in [5.41, 5.74) is 3.97. The Hall–Kier alpha value is -2.96. The number of H-pyrrole nitrogens is 1. The van der Waals surface area contributed by atoms with Crippen molar-refractivity contribution in [3.05, 3.63) is 56.8 Å². The molecule has 6 nitrogen and oxygen atoms in total. The molecule has 3 aromatic rings. The highest BCUT2D eigenvalue weighted by atomic mass is 19.1. The van der Waals surface area contributed by atoms with Crippen LogP contribution in [0.5, 0.6) is 0 Å². The molecule has 0 aliphatic carbocycles. The predicted molar refractivity (Wildman–Crippen MR) is 98.9 cm³/mol. The van der Waals surface area contributed by atoms with E-state index in [2.05, 4.69) is 15.4 Å². The number of nitrogens with zero attached hydrogens (tertiary/aromatic N) is 2. The third-order valence-corrected chi connectivity index (χ3v) is 4.62. The number of pyridine rings is 1. The second-order valence-electron chi connectivity index (χ2n) is 6.50. The molecule has 0 bridgehead atoms. The van der Waals surface area contributed by atoms with Crippen molar-refractivity contribution in [3.63, 3.8) is 0 Å². The van der Waals surface area contributed by atoms with Crippen LogP contribution in [0.25, 0.3) is 11.0 Å². The van der Waals surface area contributed by atoms with E-state index in [4.69, 9.17) is 0 Å². The normalized spacial score (nSPS) is 11.1. The molecule has 2 heterocycles. The first-order valence-corrected chi connectivity index (χ1v) is 8.39. The molecule has 1 amide bonds. The van der Waals surface area contributed by atoms with Crippen molar-refractivity contribution >= 4 is 22.6 Å². The maximum absolute atomic E-state index is 13.1. The fourth-order valence-corrected chi connectivity index (χ4v) is 3.27. The molecule has 2 N–H and O–H groups in total. The minimum atomic E-state index is -0.345. The Morgan fingerprint density at radius 3 is 2.73 bits per heavy atom. The van der Waals surface area contributed by atoms with Gasteiger partial charge in [0.15, 0.2) is 0 Å². The van der Waals surface area contributed by atoms with Gasteiger partial charge in [0, 0.05) is 30.1 Å². The van der Waals surface area contributed by atoms with Crippen LogP contribution in [0.4, 0.5) is 10.1 Å². The van der Waals surface area contributed by atoms with E-state index in [0.29, 0.717) is 28.9 Å². The van der Waals surface area contributed by atoms with Gasteiger partial charge in [0.1, 0.15) is 11.5 Å². The third kappa shape index (κ3) is 3.24. The highest BCUT2D eigenvalue weighted by Gasteiger charge is 2.16. The van der Waals surface area contributed by atoms with Crippen LogP contribution < -0.4 is 10.9 Å². The van der Waals surface area contributed by atoms with Crippen molar-refractivity contribution in [1.82, 2.24) is 14.8 Å². The number of aromatic nitrogens is 3. The summed E-state index contributed by atoms with van der Waals surface area (Å²) in [5, 5.41) is 8.02. The number of nitrogens with one attached hydrogen (secondary N) is 2. The highest BCUT2D eigenvalue weighted by molar-refractivity contribution is 5.91. The maximum Gasteiger partial charge on any atom is 0.253 e. The number of hydrogen-bond donors (Lipinski definition) is 2. The fraction of sp³-hybridized carbons (Fsp3) is 0.316. The Kier molecular flexibility index (Phi) is 4.63. The number of amides is 1. The lowest BCUT2D eigenvalue weighted by atomic mass is 10.0.